The molecule has 0 aromatic heterocycles. The fourth-order valence-corrected chi connectivity index (χ4v) is 2.31. The summed E-state index contributed by atoms with van der Waals surface area (Å²) in [6.45, 7) is 0. The van der Waals surface area contributed by atoms with E-state index in [1.807, 2.05) is 0 Å². The number of hydrogen-bond donors (Lipinski definition) is 4. The van der Waals surface area contributed by atoms with Gasteiger partial charge in [0.2, 0.25) is 0 Å². The molecule has 0 saturated heterocycles. The zero-order valence-electron chi connectivity index (χ0n) is 10.7. The number of benzene rings is 2. The molecule has 9 heteroatoms. The topological polar surface area (TPSA) is 149 Å². The molecule has 2 rings (SSSR count). The molecule has 2 aromatic rings. The number of rotatable bonds is 4. The van der Waals surface area contributed by atoms with E-state index in [1.165, 1.54) is 24.3 Å². The first-order chi connectivity index (χ1) is 10.3. The van der Waals surface area contributed by atoms with Gasteiger partial charge in [0, 0.05) is 0 Å². The van der Waals surface area contributed by atoms with E-state index in [1.54, 1.807) is 0 Å². The Morgan fingerprint density at radius 2 is 0.826 bits per heavy atom. The second-order valence-corrected chi connectivity index (χ2v) is 4.27. The van der Waals surface area contributed by atoms with E-state index >= 15 is 0 Å². The molecular formula is C14H9LiO8. The Hall–Kier alpha value is -2.82. The molecule has 2 aromatic carbocycles. The zero-order chi connectivity index (χ0) is 16.6. The normalized spacial score (nSPS) is 9.91. The maximum absolute atomic E-state index is 11.4. The van der Waals surface area contributed by atoms with E-state index < -0.39 is 46.1 Å². The molecule has 0 atom stereocenters. The van der Waals surface area contributed by atoms with Crippen molar-refractivity contribution >= 4 is 53.5 Å². The fraction of sp³-hybridized carbons (Fsp3) is 0. The first-order valence-corrected chi connectivity index (χ1v) is 5.79. The van der Waals surface area contributed by atoms with Crippen molar-refractivity contribution in [1.29, 1.82) is 0 Å². The van der Waals surface area contributed by atoms with Gasteiger partial charge in [-0.15, -0.1) is 0 Å². The Morgan fingerprint density at radius 3 is 1.04 bits per heavy atom. The molecule has 23 heavy (non-hydrogen) atoms. The van der Waals surface area contributed by atoms with Crippen molar-refractivity contribution in [1.82, 2.24) is 0 Å². The van der Waals surface area contributed by atoms with Gasteiger partial charge in [-0.05, 0) is 10.8 Å². The molecule has 0 heterocycles. The van der Waals surface area contributed by atoms with Crippen molar-refractivity contribution in [2.24, 2.45) is 0 Å². The van der Waals surface area contributed by atoms with Crippen LogP contribution in [0, 0.1) is 0 Å². The average Bonchev–Trinajstić information content (AvgIpc) is 2.43. The van der Waals surface area contributed by atoms with Gasteiger partial charge in [0.05, 0.1) is 22.3 Å². The second kappa shape index (κ2) is 6.52. The number of carbonyl (C=O) groups is 4. The summed E-state index contributed by atoms with van der Waals surface area (Å²) in [6, 6.07) is 5.24. The Labute approximate surface area is 140 Å². The van der Waals surface area contributed by atoms with Crippen molar-refractivity contribution in [2.75, 3.05) is 0 Å². The Morgan fingerprint density at radius 1 is 0.565 bits per heavy atom. The Bertz CT molecular complexity index is 785. The van der Waals surface area contributed by atoms with E-state index in [0.717, 1.165) is 0 Å². The van der Waals surface area contributed by atoms with E-state index in [4.69, 9.17) is 0 Å². The van der Waals surface area contributed by atoms with Gasteiger partial charge in [-0.2, -0.15) is 0 Å². The molecule has 0 saturated carbocycles. The maximum atomic E-state index is 11.4. The summed E-state index contributed by atoms with van der Waals surface area (Å²) in [5.74, 6) is -6.98. The predicted molar refractivity (Wildman–Crippen MR) is 78.9 cm³/mol. The minimum absolute atomic E-state index is 0. The molecule has 0 aliphatic heterocycles. The number of fused-ring (bicyclic) bond motifs is 1. The Balaban J connectivity index is 0.00000264. The van der Waals surface area contributed by atoms with Crippen LogP contribution in [0.25, 0.3) is 10.8 Å². The van der Waals surface area contributed by atoms with Crippen LogP contribution in [0.4, 0.5) is 0 Å². The van der Waals surface area contributed by atoms with Crippen LogP contribution in [0.15, 0.2) is 24.3 Å². The number of carboxylic acids is 4. The van der Waals surface area contributed by atoms with Gasteiger partial charge in [0.25, 0.3) is 0 Å². The summed E-state index contributed by atoms with van der Waals surface area (Å²) in [4.78, 5) is 45.5. The van der Waals surface area contributed by atoms with Crippen molar-refractivity contribution in [3.05, 3.63) is 46.5 Å². The molecule has 0 amide bonds. The van der Waals surface area contributed by atoms with Crippen LogP contribution >= 0.6 is 0 Å². The van der Waals surface area contributed by atoms with Crippen LogP contribution in [0.2, 0.25) is 0 Å². The number of hydrogen-bond acceptors (Lipinski definition) is 4. The van der Waals surface area contributed by atoms with Gasteiger partial charge in [-0.3, -0.25) is 0 Å². The molecular weight excluding hydrogens is 303 g/mol. The van der Waals surface area contributed by atoms with Gasteiger partial charge in [0.1, 0.15) is 0 Å². The van der Waals surface area contributed by atoms with Gasteiger partial charge < -0.3 is 20.4 Å². The summed E-state index contributed by atoms with van der Waals surface area (Å²) in [7, 11) is 0. The van der Waals surface area contributed by atoms with Crippen molar-refractivity contribution < 1.29 is 39.6 Å². The van der Waals surface area contributed by atoms with E-state index in [2.05, 4.69) is 0 Å². The Kier molecular flexibility index (Phi) is 5.17. The first kappa shape index (κ1) is 18.2. The molecule has 0 aliphatic rings. The summed E-state index contributed by atoms with van der Waals surface area (Å²) >= 11 is 0. The van der Waals surface area contributed by atoms with E-state index in [-0.39, 0.29) is 29.6 Å². The third-order valence-electron chi connectivity index (χ3n) is 3.07. The molecule has 0 aliphatic carbocycles. The molecule has 114 valence electrons. The third-order valence-corrected chi connectivity index (χ3v) is 3.07. The molecule has 8 nitrogen and oxygen atoms in total. The van der Waals surface area contributed by atoms with Gasteiger partial charge >= 0.3 is 42.7 Å². The van der Waals surface area contributed by atoms with Crippen molar-refractivity contribution in [3.8, 4) is 0 Å². The summed E-state index contributed by atoms with van der Waals surface area (Å²) in [5, 5.41) is 36.6. The SMILES string of the molecule is O=C(O)c1c(C(=O)O)c(C(=O)O)c2ccccc2c1C(=O)O.[LiH]. The average molecular weight is 312 g/mol. The molecule has 0 radical (unpaired) electrons. The zero-order valence-corrected chi connectivity index (χ0v) is 10.7. The molecule has 0 bridgehead atoms. The summed E-state index contributed by atoms with van der Waals surface area (Å²) in [5.41, 5.74) is -3.64. The number of aromatic carboxylic acids is 4. The van der Waals surface area contributed by atoms with Crippen LogP contribution in [0.5, 0.6) is 0 Å². The third kappa shape index (κ3) is 2.90. The molecule has 0 spiro atoms. The van der Waals surface area contributed by atoms with E-state index in [9.17, 15) is 39.6 Å². The van der Waals surface area contributed by atoms with Gasteiger partial charge in [0.15, 0.2) is 0 Å². The van der Waals surface area contributed by atoms with E-state index in [0.29, 0.717) is 0 Å². The molecule has 0 fully saturated rings. The first-order valence-electron chi connectivity index (χ1n) is 5.79. The van der Waals surface area contributed by atoms with Crippen LogP contribution < -0.4 is 0 Å². The van der Waals surface area contributed by atoms with Crippen LogP contribution in [-0.2, 0) is 0 Å². The van der Waals surface area contributed by atoms with Gasteiger partial charge in [-0.1, -0.05) is 24.3 Å². The number of carboxylic acid groups (broad SMARTS) is 4. The monoisotopic (exact) mass is 312 g/mol. The minimum atomic E-state index is -1.83. The predicted octanol–water partition coefficient (Wildman–Crippen LogP) is 0.984. The van der Waals surface area contributed by atoms with Crippen molar-refractivity contribution in [3.63, 3.8) is 0 Å². The molecule has 0 unspecified atom stereocenters. The van der Waals surface area contributed by atoms with Crippen LogP contribution in [0.1, 0.15) is 41.4 Å². The standard InChI is InChI=1S/C14H8O8.Li.H/c15-11(16)7-5-3-1-2-4-6(5)8(12(17)18)10(14(21)22)9(7)13(19)20;;/h1-4H,(H,15,16)(H,17,18)(H,19,20)(H,21,22);;. The van der Waals surface area contributed by atoms with Gasteiger partial charge in [-0.25, -0.2) is 19.2 Å². The second-order valence-electron chi connectivity index (χ2n) is 4.27. The quantitative estimate of drug-likeness (QED) is 0.610. The summed E-state index contributed by atoms with van der Waals surface area (Å²) in [6.07, 6.45) is 0. The fourth-order valence-electron chi connectivity index (χ4n) is 2.31. The van der Waals surface area contributed by atoms with Crippen LogP contribution in [-0.4, -0.2) is 63.2 Å². The summed E-state index contributed by atoms with van der Waals surface area (Å²) < 4.78 is 0. The van der Waals surface area contributed by atoms with Crippen LogP contribution in [0.3, 0.4) is 0 Å². The van der Waals surface area contributed by atoms with Crippen molar-refractivity contribution in [2.45, 2.75) is 0 Å². The molecule has 4 N–H and O–H groups in total.